The topological polar surface area (TPSA) is 129 Å². The number of aliphatic hydroxyl groups is 4. The molecule has 10 heteroatoms. The van der Waals surface area contributed by atoms with Gasteiger partial charge in [-0.15, -0.1) is 0 Å². The van der Waals surface area contributed by atoms with Crippen LogP contribution in [0.15, 0.2) is 55.6 Å². The molecule has 3 atom stereocenters. The summed E-state index contributed by atoms with van der Waals surface area (Å²) in [6, 6.07) is 9.00. The van der Waals surface area contributed by atoms with Crippen LogP contribution < -0.4 is 10.6 Å². The first-order valence-electron chi connectivity index (χ1n) is 14.2. The molecule has 42 heavy (non-hydrogen) atoms. The molecule has 1 fully saturated rings. The van der Waals surface area contributed by atoms with Crippen molar-refractivity contribution in [3.05, 3.63) is 83.7 Å². The van der Waals surface area contributed by atoms with Crippen molar-refractivity contribution in [1.29, 1.82) is 0 Å². The minimum atomic E-state index is -3.31. The fraction of sp³-hybridized carbons (Fsp3) is 0.469. The molecule has 1 saturated heterocycles. The van der Waals surface area contributed by atoms with E-state index in [2.05, 4.69) is 42.5 Å². The number of amides is 1. The molecule has 0 radical (unpaired) electrons. The van der Waals surface area contributed by atoms with Crippen LogP contribution in [0.3, 0.4) is 0 Å². The molecule has 0 aliphatic carbocycles. The third kappa shape index (κ3) is 7.44. The van der Waals surface area contributed by atoms with Gasteiger partial charge >= 0.3 is 0 Å². The molecule has 1 aliphatic rings. The van der Waals surface area contributed by atoms with Gasteiger partial charge in [0.1, 0.15) is 11.9 Å². The van der Waals surface area contributed by atoms with Crippen molar-refractivity contribution < 1.29 is 29.6 Å². The summed E-state index contributed by atoms with van der Waals surface area (Å²) in [5, 5.41) is 47.4. The number of likely N-dealkylation sites (tertiary alicyclic amines) is 1. The Morgan fingerprint density at radius 1 is 1.12 bits per heavy atom. The fourth-order valence-corrected chi connectivity index (χ4v) is 5.90. The lowest BCUT2D eigenvalue weighted by molar-refractivity contribution is -0.348. The maximum Gasteiger partial charge on any atom is 0.247 e. The smallest absolute Gasteiger partial charge is 0.247 e. The van der Waals surface area contributed by atoms with E-state index in [9.17, 15) is 25.2 Å². The zero-order valence-corrected chi connectivity index (χ0v) is 25.0. The Morgan fingerprint density at radius 3 is 2.33 bits per heavy atom. The number of nitrogens with zero attached hydrogens (tertiary/aromatic N) is 2. The number of rotatable bonds is 13. The molecule has 3 unspecified atom stereocenters. The summed E-state index contributed by atoms with van der Waals surface area (Å²) in [7, 11) is 2.73. The second-order valence-corrected chi connectivity index (χ2v) is 11.5. The lowest BCUT2D eigenvalue weighted by atomic mass is 9.91. The Hall–Kier alpha value is -3.12. The third-order valence-electron chi connectivity index (χ3n) is 7.95. The summed E-state index contributed by atoms with van der Waals surface area (Å²) < 4.78 is 15.6. The Kier molecular flexibility index (Phi) is 11.0. The van der Waals surface area contributed by atoms with E-state index >= 15 is 4.39 Å². The van der Waals surface area contributed by atoms with E-state index in [1.165, 1.54) is 25.4 Å². The van der Waals surface area contributed by atoms with Crippen molar-refractivity contribution in [2.45, 2.75) is 57.5 Å². The molecule has 1 amide bonds. The lowest BCUT2D eigenvalue weighted by Gasteiger charge is -2.41. The Balaban J connectivity index is 1.86. The molecule has 6 N–H and O–H groups in total. The summed E-state index contributed by atoms with van der Waals surface area (Å²) in [4.78, 5) is 16.3. The van der Waals surface area contributed by atoms with Gasteiger partial charge < -0.3 is 31.1 Å². The zero-order valence-electron chi connectivity index (χ0n) is 25.0. The first-order chi connectivity index (χ1) is 19.7. The number of likely N-dealkylation sites (N-methyl/N-ethyl adjacent to an activating group) is 2. The number of anilines is 1. The summed E-state index contributed by atoms with van der Waals surface area (Å²) in [5.41, 5.74) is 3.08. The van der Waals surface area contributed by atoms with Crippen LogP contribution in [0.5, 0.6) is 0 Å². The van der Waals surface area contributed by atoms with Crippen molar-refractivity contribution in [2.75, 3.05) is 32.5 Å². The summed E-state index contributed by atoms with van der Waals surface area (Å²) in [6.07, 6.45) is 3.33. The number of hydrogen-bond acceptors (Lipinski definition) is 8. The number of halogens is 1. The van der Waals surface area contributed by atoms with Crippen LogP contribution in [0, 0.1) is 17.7 Å². The minimum Gasteiger partial charge on any atom is -0.381 e. The van der Waals surface area contributed by atoms with Crippen LogP contribution in [0.4, 0.5) is 10.1 Å². The van der Waals surface area contributed by atoms with Crippen molar-refractivity contribution in [3.8, 4) is 0 Å². The van der Waals surface area contributed by atoms with E-state index in [4.69, 9.17) is 0 Å². The SMILES string of the molecule is C=Cc1cccc(NCc2cccc(CN3CC(C)CC(C)C3)c2F)c1CN(C)C(C(=O)NC)C(O)(O)C(O)(O)C=C. The molecule has 0 saturated carbocycles. The normalized spacial score (nSPS) is 18.9. The quantitative estimate of drug-likeness (QED) is 0.157. The molecule has 3 rings (SSSR count). The monoisotopic (exact) mass is 584 g/mol. The van der Waals surface area contributed by atoms with Gasteiger partial charge in [-0.3, -0.25) is 14.6 Å². The van der Waals surface area contributed by atoms with E-state index in [0.29, 0.717) is 52.4 Å². The number of carbonyl (C=O) groups is 1. The molecule has 0 aromatic heterocycles. The molecule has 230 valence electrons. The van der Waals surface area contributed by atoms with Crippen molar-refractivity contribution in [2.24, 2.45) is 11.8 Å². The predicted molar refractivity (Wildman–Crippen MR) is 162 cm³/mol. The van der Waals surface area contributed by atoms with Gasteiger partial charge in [0.05, 0.1) is 0 Å². The number of benzene rings is 2. The highest BCUT2D eigenvalue weighted by Crippen LogP contribution is 2.30. The Bertz CT molecular complexity index is 1260. The highest BCUT2D eigenvalue weighted by atomic mass is 19.1. The maximum absolute atomic E-state index is 15.6. The van der Waals surface area contributed by atoms with Crippen LogP contribution in [-0.4, -0.2) is 80.9 Å². The Labute approximate surface area is 248 Å². The first-order valence-corrected chi connectivity index (χ1v) is 14.2. The van der Waals surface area contributed by atoms with Crippen molar-refractivity contribution >= 4 is 17.7 Å². The standard InChI is InChI=1S/C32H45FN4O5/c1-7-23-11-10-14-27(26(23)20-36(6)29(30(38)34-5)32(41,42)31(39,40)8-2)35-16-24-12-9-13-25(28(24)33)19-37-17-21(3)15-22(4)18-37/h7-14,21-22,29,35,39-42H,1-2,15-20H2,3-6H3,(H,34,38). The maximum atomic E-state index is 15.6. The van der Waals surface area contributed by atoms with Gasteiger partial charge in [-0.25, -0.2) is 4.39 Å². The van der Waals surface area contributed by atoms with Crippen LogP contribution in [0.25, 0.3) is 6.08 Å². The molecule has 0 bridgehead atoms. The highest BCUT2D eigenvalue weighted by molar-refractivity contribution is 5.83. The van der Waals surface area contributed by atoms with Gasteiger partial charge in [0.15, 0.2) is 0 Å². The second kappa shape index (κ2) is 13.9. The van der Waals surface area contributed by atoms with Crippen LogP contribution in [-0.2, 0) is 24.4 Å². The van der Waals surface area contributed by atoms with Crippen LogP contribution in [0.1, 0.15) is 42.5 Å². The average molecular weight is 585 g/mol. The number of hydrogen-bond donors (Lipinski definition) is 6. The van der Waals surface area contributed by atoms with Crippen LogP contribution in [0.2, 0.25) is 0 Å². The molecular formula is C32H45FN4O5. The molecular weight excluding hydrogens is 539 g/mol. The van der Waals surface area contributed by atoms with E-state index in [0.717, 1.165) is 13.1 Å². The van der Waals surface area contributed by atoms with Gasteiger partial charge in [0.2, 0.25) is 17.5 Å². The first kappa shape index (κ1) is 33.4. The summed E-state index contributed by atoms with van der Waals surface area (Å²) in [5.74, 6) is -6.48. The van der Waals surface area contributed by atoms with Gasteiger partial charge in [-0.05, 0) is 48.6 Å². The predicted octanol–water partition coefficient (Wildman–Crippen LogP) is 2.65. The zero-order chi connectivity index (χ0) is 31.2. The van der Waals surface area contributed by atoms with E-state index < -0.39 is 23.5 Å². The highest BCUT2D eigenvalue weighted by Gasteiger charge is 2.55. The Morgan fingerprint density at radius 2 is 1.74 bits per heavy atom. The third-order valence-corrected chi connectivity index (χ3v) is 7.95. The van der Waals surface area contributed by atoms with Gasteiger partial charge in [0.25, 0.3) is 0 Å². The molecule has 2 aromatic rings. The number of piperidine rings is 1. The molecule has 1 aliphatic heterocycles. The molecule has 1 heterocycles. The fourth-order valence-electron chi connectivity index (χ4n) is 5.90. The van der Waals surface area contributed by atoms with Crippen molar-refractivity contribution in [1.82, 2.24) is 15.1 Å². The van der Waals surface area contributed by atoms with Crippen molar-refractivity contribution in [3.63, 3.8) is 0 Å². The molecule has 9 nitrogen and oxygen atoms in total. The average Bonchev–Trinajstić information content (AvgIpc) is 2.93. The van der Waals surface area contributed by atoms with E-state index in [1.807, 2.05) is 12.1 Å². The molecule has 0 spiro atoms. The van der Waals surface area contributed by atoms with E-state index in [-0.39, 0.29) is 18.9 Å². The largest absolute Gasteiger partial charge is 0.381 e. The molecule has 2 aromatic carbocycles. The number of carbonyl (C=O) groups excluding carboxylic acids is 1. The van der Waals surface area contributed by atoms with Crippen LogP contribution >= 0.6 is 0 Å². The second-order valence-electron chi connectivity index (χ2n) is 11.5. The minimum absolute atomic E-state index is 0.0352. The summed E-state index contributed by atoms with van der Waals surface area (Å²) >= 11 is 0. The van der Waals surface area contributed by atoms with E-state index in [1.54, 1.807) is 30.3 Å². The lowest BCUT2D eigenvalue weighted by Crippen LogP contribution is -2.68. The van der Waals surface area contributed by atoms with Gasteiger partial charge in [0, 0.05) is 56.6 Å². The van der Waals surface area contributed by atoms with Gasteiger partial charge in [-0.2, -0.15) is 0 Å². The number of nitrogens with one attached hydrogen (secondary N) is 2. The summed E-state index contributed by atoms with van der Waals surface area (Å²) in [6.45, 7) is 14.1. The van der Waals surface area contributed by atoms with Gasteiger partial charge in [-0.1, -0.05) is 63.4 Å².